The van der Waals surface area contributed by atoms with Crippen molar-refractivity contribution in [3.8, 4) is 17.2 Å². The maximum atomic E-state index is 12.1. The van der Waals surface area contributed by atoms with Gasteiger partial charge in [-0.2, -0.15) is 5.10 Å². The van der Waals surface area contributed by atoms with E-state index in [1.807, 2.05) is 6.07 Å². The van der Waals surface area contributed by atoms with Gasteiger partial charge in [0.25, 0.3) is 5.91 Å². The van der Waals surface area contributed by atoms with Crippen molar-refractivity contribution in [2.45, 2.75) is 25.7 Å². The van der Waals surface area contributed by atoms with Gasteiger partial charge in [0, 0.05) is 5.56 Å². The monoisotopic (exact) mass is 446 g/mol. The summed E-state index contributed by atoms with van der Waals surface area (Å²) in [7, 11) is 3.16. The number of hydrogen-bond acceptors (Lipinski definition) is 5. The number of aryl methyl sites for hydroxylation is 1. The molecule has 1 aliphatic rings. The molecule has 148 valence electrons. The number of carbonyl (C=O) groups excluding carboxylic acids is 1. The van der Waals surface area contributed by atoms with Crippen LogP contribution in [-0.4, -0.2) is 32.9 Å². The minimum absolute atomic E-state index is 0.121. The van der Waals surface area contributed by atoms with Crippen molar-refractivity contribution in [2.24, 2.45) is 5.10 Å². The Morgan fingerprint density at radius 1 is 1.14 bits per heavy atom. The Labute approximate surface area is 173 Å². The summed E-state index contributed by atoms with van der Waals surface area (Å²) in [5.74, 6) is 1.64. The Balaban J connectivity index is 1.57. The van der Waals surface area contributed by atoms with Crippen molar-refractivity contribution in [1.82, 2.24) is 5.43 Å². The number of nitrogens with zero attached hydrogens (tertiary/aromatic N) is 1. The van der Waals surface area contributed by atoms with Gasteiger partial charge in [-0.3, -0.25) is 4.79 Å². The normalized spacial score (nSPS) is 13.1. The molecule has 7 heteroatoms. The molecule has 0 aliphatic heterocycles. The first-order valence-corrected chi connectivity index (χ1v) is 9.88. The maximum absolute atomic E-state index is 12.1. The molecule has 0 saturated carbocycles. The third-order valence-corrected chi connectivity index (χ3v) is 5.49. The summed E-state index contributed by atoms with van der Waals surface area (Å²) in [6.45, 7) is -0.121. The first kappa shape index (κ1) is 20.2. The average molecular weight is 447 g/mol. The summed E-state index contributed by atoms with van der Waals surface area (Å²) in [6, 6.07) is 9.33. The second kappa shape index (κ2) is 9.59. The van der Waals surface area contributed by atoms with Gasteiger partial charge in [0.1, 0.15) is 17.2 Å². The summed E-state index contributed by atoms with van der Waals surface area (Å²) < 4.78 is 17.1. The van der Waals surface area contributed by atoms with Crippen molar-refractivity contribution in [2.75, 3.05) is 20.8 Å². The Morgan fingerprint density at radius 3 is 2.71 bits per heavy atom. The van der Waals surface area contributed by atoms with Crippen LogP contribution in [0.25, 0.3) is 0 Å². The SMILES string of the molecule is COc1ccc(OC)c(/C=N\NC(=O)COc2ccc3c(c2Br)CCCC3)c1. The summed E-state index contributed by atoms with van der Waals surface area (Å²) in [4.78, 5) is 12.1. The van der Waals surface area contributed by atoms with Crippen molar-refractivity contribution in [3.63, 3.8) is 0 Å². The van der Waals surface area contributed by atoms with Crippen molar-refractivity contribution >= 4 is 28.1 Å². The molecule has 2 aromatic carbocycles. The summed E-state index contributed by atoms with van der Waals surface area (Å²) in [5.41, 5.74) is 5.80. The smallest absolute Gasteiger partial charge is 0.277 e. The lowest BCUT2D eigenvalue weighted by atomic mass is 9.92. The number of benzene rings is 2. The largest absolute Gasteiger partial charge is 0.497 e. The van der Waals surface area contributed by atoms with E-state index in [1.165, 1.54) is 30.2 Å². The summed E-state index contributed by atoms with van der Waals surface area (Å²) in [5, 5.41) is 3.98. The van der Waals surface area contributed by atoms with E-state index in [9.17, 15) is 4.79 Å². The van der Waals surface area contributed by atoms with Gasteiger partial charge in [0.15, 0.2) is 6.61 Å². The van der Waals surface area contributed by atoms with Gasteiger partial charge in [-0.05, 0) is 77.0 Å². The van der Waals surface area contributed by atoms with Crippen LogP contribution in [0.4, 0.5) is 0 Å². The molecule has 3 rings (SSSR count). The zero-order valence-corrected chi connectivity index (χ0v) is 17.5. The molecule has 1 amide bonds. The number of hydrogen-bond donors (Lipinski definition) is 1. The van der Waals surface area contributed by atoms with Crippen LogP contribution in [-0.2, 0) is 17.6 Å². The third kappa shape index (κ3) is 4.84. The van der Waals surface area contributed by atoms with Gasteiger partial charge in [-0.25, -0.2) is 5.43 Å². The highest BCUT2D eigenvalue weighted by molar-refractivity contribution is 9.10. The number of carbonyl (C=O) groups is 1. The molecule has 0 bridgehead atoms. The Kier molecular flexibility index (Phi) is 6.92. The number of amides is 1. The lowest BCUT2D eigenvalue weighted by Gasteiger charge is -2.19. The van der Waals surface area contributed by atoms with Gasteiger partial charge in [-0.1, -0.05) is 6.07 Å². The molecule has 1 aliphatic carbocycles. The van der Waals surface area contributed by atoms with Crippen molar-refractivity contribution in [1.29, 1.82) is 0 Å². The first-order chi connectivity index (χ1) is 13.6. The second-order valence-corrected chi connectivity index (χ2v) is 7.21. The topological polar surface area (TPSA) is 69.2 Å². The zero-order valence-electron chi connectivity index (χ0n) is 16.0. The zero-order chi connectivity index (χ0) is 19.9. The molecule has 0 saturated heterocycles. The molecular weight excluding hydrogens is 424 g/mol. The van der Waals surface area contributed by atoms with E-state index in [0.29, 0.717) is 22.8 Å². The van der Waals surface area contributed by atoms with Gasteiger partial charge < -0.3 is 14.2 Å². The molecule has 0 atom stereocenters. The minimum atomic E-state index is -0.345. The van der Waals surface area contributed by atoms with Gasteiger partial charge in [0.05, 0.1) is 24.9 Å². The average Bonchev–Trinajstić information content (AvgIpc) is 2.73. The van der Waals surface area contributed by atoms with E-state index in [4.69, 9.17) is 14.2 Å². The molecule has 0 fully saturated rings. The molecule has 0 spiro atoms. The fraction of sp³-hybridized carbons (Fsp3) is 0.333. The van der Waals surface area contributed by atoms with E-state index in [1.54, 1.807) is 32.4 Å². The number of halogens is 1. The number of rotatable bonds is 7. The van der Waals surface area contributed by atoms with Crippen LogP contribution in [0.2, 0.25) is 0 Å². The van der Waals surface area contributed by atoms with Gasteiger partial charge in [0.2, 0.25) is 0 Å². The highest BCUT2D eigenvalue weighted by atomic mass is 79.9. The minimum Gasteiger partial charge on any atom is -0.497 e. The number of nitrogens with one attached hydrogen (secondary N) is 1. The quantitative estimate of drug-likeness (QED) is 0.517. The molecule has 2 aromatic rings. The van der Waals surface area contributed by atoms with Crippen LogP contribution in [0, 0.1) is 0 Å². The van der Waals surface area contributed by atoms with Crippen LogP contribution in [0.15, 0.2) is 39.9 Å². The van der Waals surface area contributed by atoms with E-state index in [-0.39, 0.29) is 12.5 Å². The first-order valence-electron chi connectivity index (χ1n) is 9.09. The summed E-state index contributed by atoms with van der Waals surface area (Å²) in [6.07, 6.45) is 6.04. The number of hydrazone groups is 1. The molecule has 0 unspecified atom stereocenters. The van der Waals surface area contributed by atoms with Crippen LogP contribution >= 0.6 is 15.9 Å². The molecule has 0 heterocycles. The molecule has 28 heavy (non-hydrogen) atoms. The predicted molar refractivity (Wildman–Crippen MR) is 112 cm³/mol. The van der Waals surface area contributed by atoms with E-state index >= 15 is 0 Å². The van der Waals surface area contributed by atoms with Crippen LogP contribution in [0.1, 0.15) is 29.5 Å². The molecule has 0 radical (unpaired) electrons. The number of ether oxygens (including phenoxy) is 3. The van der Waals surface area contributed by atoms with Crippen molar-refractivity contribution in [3.05, 3.63) is 51.5 Å². The molecule has 0 aromatic heterocycles. The number of fused-ring (bicyclic) bond motifs is 1. The maximum Gasteiger partial charge on any atom is 0.277 e. The van der Waals surface area contributed by atoms with Gasteiger partial charge >= 0.3 is 0 Å². The Morgan fingerprint density at radius 2 is 1.93 bits per heavy atom. The standard InChI is InChI=1S/C21H23BrN2O4/c1-26-16-8-10-18(27-2)15(11-16)12-23-24-20(25)13-28-19-9-7-14-5-3-4-6-17(14)21(19)22/h7-12H,3-6,13H2,1-2H3,(H,24,25)/b23-12-. The highest BCUT2D eigenvalue weighted by Gasteiger charge is 2.16. The summed E-state index contributed by atoms with van der Waals surface area (Å²) >= 11 is 3.62. The van der Waals surface area contributed by atoms with Crippen LogP contribution in [0.5, 0.6) is 17.2 Å². The van der Waals surface area contributed by atoms with Crippen molar-refractivity contribution < 1.29 is 19.0 Å². The fourth-order valence-corrected chi connectivity index (χ4v) is 3.86. The van der Waals surface area contributed by atoms with E-state index < -0.39 is 0 Å². The predicted octanol–water partition coefficient (Wildman–Crippen LogP) is 3.87. The Hall–Kier alpha value is -2.54. The molecule has 1 N–H and O–H groups in total. The van der Waals surface area contributed by atoms with Crippen LogP contribution < -0.4 is 19.6 Å². The number of methoxy groups -OCH3 is 2. The fourth-order valence-electron chi connectivity index (χ4n) is 3.16. The third-order valence-electron chi connectivity index (χ3n) is 4.62. The van der Waals surface area contributed by atoms with E-state index in [0.717, 1.165) is 17.3 Å². The highest BCUT2D eigenvalue weighted by Crippen LogP contribution is 2.35. The molecular formula is C21H23BrN2O4. The lowest BCUT2D eigenvalue weighted by Crippen LogP contribution is -2.24. The van der Waals surface area contributed by atoms with Crippen LogP contribution in [0.3, 0.4) is 0 Å². The Bertz CT molecular complexity index is 883. The second-order valence-electron chi connectivity index (χ2n) is 6.41. The van der Waals surface area contributed by atoms with E-state index in [2.05, 4.69) is 32.5 Å². The lowest BCUT2D eigenvalue weighted by molar-refractivity contribution is -0.123. The van der Waals surface area contributed by atoms with Gasteiger partial charge in [-0.15, -0.1) is 0 Å². The molecule has 6 nitrogen and oxygen atoms in total.